The first-order valence-corrected chi connectivity index (χ1v) is 12.6. The Balaban J connectivity index is 1.61. The molecule has 0 aromatic heterocycles. The number of nitrogens with zero attached hydrogens (tertiary/aromatic N) is 2. The fraction of sp³-hybridized carbons (Fsp3) is 0.367. The average Bonchev–Trinajstić information content (AvgIpc) is 3.29. The molecule has 3 aromatic rings. The highest BCUT2D eigenvalue weighted by atomic mass is 19.4. The molecule has 1 aliphatic heterocycles. The maximum Gasteiger partial charge on any atom is 0.416 e. The number of hydrogen-bond acceptors (Lipinski definition) is 3. The lowest BCUT2D eigenvalue weighted by molar-refractivity contribution is -0.137. The highest BCUT2D eigenvalue weighted by Gasteiger charge is 2.38. The topological polar surface area (TPSA) is 32.8 Å². The van der Waals surface area contributed by atoms with Crippen molar-refractivity contribution < 1.29 is 27.1 Å². The summed E-state index contributed by atoms with van der Waals surface area (Å²) in [4.78, 5) is 17.3. The van der Waals surface area contributed by atoms with Gasteiger partial charge in [0.15, 0.2) is 0 Å². The number of alkyl halides is 3. The monoisotopic (exact) mass is 528 g/mol. The number of likely N-dealkylation sites (tertiary alicyclic amines) is 1. The van der Waals surface area contributed by atoms with Crippen LogP contribution < -0.4 is 4.74 Å². The maximum atomic E-state index is 13.5. The van der Waals surface area contributed by atoms with E-state index in [9.17, 15) is 22.4 Å². The molecule has 202 valence electrons. The number of hydrogen-bond donors (Lipinski definition) is 0. The lowest BCUT2D eigenvalue weighted by Crippen LogP contribution is -2.42. The Labute approximate surface area is 220 Å². The van der Waals surface area contributed by atoms with Crippen LogP contribution in [0.15, 0.2) is 72.8 Å². The second-order valence-electron chi connectivity index (χ2n) is 10.1. The summed E-state index contributed by atoms with van der Waals surface area (Å²) >= 11 is 0. The van der Waals surface area contributed by atoms with Crippen LogP contribution in [-0.4, -0.2) is 48.5 Å². The summed E-state index contributed by atoms with van der Waals surface area (Å²) in [5.41, 5.74) is 1.38. The molecule has 4 nitrogen and oxygen atoms in total. The molecule has 2 atom stereocenters. The summed E-state index contributed by atoms with van der Waals surface area (Å²) in [5, 5.41) is 0. The molecule has 0 aliphatic carbocycles. The fourth-order valence-corrected chi connectivity index (χ4v) is 5.13. The molecule has 0 N–H and O–H groups in total. The predicted molar refractivity (Wildman–Crippen MR) is 139 cm³/mol. The molecule has 0 bridgehead atoms. The molecule has 1 amide bonds. The molecule has 2 unspecified atom stereocenters. The van der Waals surface area contributed by atoms with E-state index in [2.05, 4.69) is 4.90 Å². The second-order valence-corrected chi connectivity index (χ2v) is 10.1. The first-order valence-electron chi connectivity index (χ1n) is 12.6. The van der Waals surface area contributed by atoms with Gasteiger partial charge in [0.2, 0.25) is 0 Å². The van der Waals surface area contributed by atoms with Crippen molar-refractivity contribution in [2.75, 3.05) is 26.7 Å². The summed E-state index contributed by atoms with van der Waals surface area (Å²) in [6.45, 7) is 5.99. The fourth-order valence-electron chi connectivity index (χ4n) is 5.13. The van der Waals surface area contributed by atoms with Crippen LogP contribution in [0.5, 0.6) is 5.75 Å². The molecule has 1 saturated heterocycles. The van der Waals surface area contributed by atoms with Crippen LogP contribution in [0.25, 0.3) is 0 Å². The van der Waals surface area contributed by atoms with Crippen LogP contribution in [0.1, 0.15) is 46.8 Å². The molecule has 0 spiro atoms. The molecule has 38 heavy (non-hydrogen) atoms. The van der Waals surface area contributed by atoms with Crippen molar-refractivity contribution in [3.05, 3.63) is 101 Å². The van der Waals surface area contributed by atoms with Crippen molar-refractivity contribution in [3.8, 4) is 5.75 Å². The van der Waals surface area contributed by atoms with Crippen molar-refractivity contribution >= 4 is 5.91 Å². The van der Waals surface area contributed by atoms with Crippen LogP contribution in [0.3, 0.4) is 0 Å². The standard InChI is InChI=1S/C30H32F4N2O2/c1-20(2)36(29(37)22-9-11-26(31)12-10-22)18-24-17-35(16-21-7-13-27(38-3)14-8-21)19-28(24)23-5-4-6-25(15-23)30(32,33)34/h4-15,20,24,28H,16-19H2,1-3H3. The van der Waals surface area contributed by atoms with Crippen LogP contribution in [-0.2, 0) is 12.7 Å². The molecule has 4 rings (SSSR count). The van der Waals surface area contributed by atoms with Gasteiger partial charge in [0.05, 0.1) is 12.7 Å². The van der Waals surface area contributed by atoms with Crippen LogP contribution in [0.4, 0.5) is 17.6 Å². The van der Waals surface area contributed by atoms with Gasteiger partial charge < -0.3 is 9.64 Å². The SMILES string of the molecule is COc1ccc(CN2CC(CN(C(=O)c3ccc(F)cc3)C(C)C)C(c3cccc(C(F)(F)F)c3)C2)cc1. The number of carbonyl (C=O) groups is 1. The molecule has 0 radical (unpaired) electrons. The van der Waals surface area contributed by atoms with Gasteiger partial charge in [-0.3, -0.25) is 9.69 Å². The minimum atomic E-state index is -4.44. The predicted octanol–water partition coefficient (Wildman–Crippen LogP) is 6.62. The number of benzene rings is 3. The number of ether oxygens (including phenoxy) is 1. The van der Waals surface area contributed by atoms with Gasteiger partial charge in [0, 0.05) is 43.7 Å². The van der Waals surface area contributed by atoms with Crippen LogP contribution in [0.2, 0.25) is 0 Å². The normalized spacial score (nSPS) is 18.1. The number of carbonyl (C=O) groups excluding carboxylic acids is 1. The Morgan fingerprint density at radius 3 is 2.32 bits per heavy atom. The van der Waals surface area contributed by atoms with Crippen molar-refractivity contribution in [1.82, 2.24) is 9.80 Å². The van der Waals surface area contributed by atoms with Crippen molar-refractivity contribution in [2.24, 2.45) is 5.92 Å². The maximum absolute atomic E-state index is 13.5. The van der Waals surface area contributed by atoms with E-state index in [4.69, 9.17) is 4.74 Å². The van der Waals surface area contributed by atoms with Gasteiger partial charge in [0.1, 0.15) is 11.6 Å². The van der Waals surface area contributed by atoms with Crippen LogP contribution in [0, 0.1) is 11.7 Å². The van der Waals surface area contributed by atoms with E-state index in [1.807, 2.05) is 38.1 Å². The van der Waals surface area contributed by atoms with Crippen molar-refractivity contribution in [2.45, 2.75) is 38.5 Å². The van der Waals surface area contributed by atoms with E-state index in [1.165, 1.54) is 36.4 Å². The summed E-state index contributed by atoms with van der Waals surface area (Å²) in [5.74, 6) is -0.188. The van der Waals surface area contributed by atoms with Gasteiger partial charge in [-0.25, -0.2) is 4.39 Å². The first-order chi connectivity index (χ1) is 18.0. The third-order valence-electron chi connectivity index (χ3n) is 7.13. The Hall–Kier alpha value is -3.39. The quantitative estimate of drug-likeness (QED) is 0.308. The summed E-state index contributed by atoms with van der Waals surface area (Å²) < 4.78 is 59.2. The number of amides is 1. The van der Waals surface area contributed by atoms with Gasteiger partial charge in [-0.1, -0.05) is 30.3 Å². The Morgan fingerprint density at radius 2 is 1.71 bits per heavy atom. The zero-order valence-corrected chi connectivity index (χ0v) is 21.7. The zero-order valence-electron chi connectivity index (χ0n) is 21.7. The van der Waals surface area contributed by atoms with Gasteiger partial charge >= 0.3 is 6.18 Å². The molecule has 1 heterocycles. The highest BCUT2D eigenvalue weighted by Crippen LogP contribution is 2.38. The Morgan fingerprint density at radius 1 is 1.03 bits per heavy atom. The van der Waals surface area contributed by atoms with E-state index >= 15 is 0 Å². The van der Waals surface area contributed by atoms with E-state index in [0.29, 0.717) is 37.3 Å². The Kier molecular flexibility index (Phi) is 8.41. The van der Waals surface area contributed by atoms with E-state index in [1.54, 1.807) is 18.1 Å². The smallest absolute Gasteiger partial charge is 0.416 e. The molecular weight excluding hydrogens is 496 g/mol. The van der Waals surface area contributed by atoms with Crippen molar-refractivity contribution in [3.63, 3.8) is 0 Å². The third-order valence-corrected chi connectivity index (χ3v) is 7.13. The molecular formula is C30H32F4N2O2. The average molecular weight is 529 g/mol. The third kappa shape index (κ3) is 6.54. The number of rotatable bonds is 8. The van der Waals surface area contributed by atoms with E-state index in [-0.39, 0.29) is 23.8 Å². The van der Waals surface area contributed by atoms with E-state index < -0.39 is 17.6 Å². The molecule has 8 heteroatoms. The molecule has 1 aliphatic rings. The lowest BCUT2D eigenvalue weighted by atomic mass is 9.87. The molecule has 3 aromatic carbocycles. The molecule has 0 saturated carbocycles. The minimum Gasteiger partial charge on any atom is -0.497 e. The zero-order chi connectivity index (χ0) is 27.4. The summed E-state index contributed by atoms with van der Waals surface area (Å²) in [6.07, 6.45) is -4.44. The largest absolute Gasteiger partial charge is 0.497 e. The minimum absolute atomic E-state index is 0.0940. The van der Waals surface area contributed by atoms with Gasteiger partial charge in [-0.2, -0.15) is 13.2 Å². The summed E-state index contributed by atoms with van der Waals surface area (Å²) in [7, 11) is 1.60. The first kappa shape index (κ1) is 27.6. The Bertz CT molecular complexity index is 1230. The van der Waals surface area contributed by atoms with Crippen LogP contribution >= 0.6 is 0 Å². The van der Waals surface area contributed by atoms with Gasteiger partial charge in [-0.15, -0.1) is 0 Å². The number of halogens is 4. The highest BCUT2D eigenvalue weighted by molar-refractivity contribution is 5.94. The van der Waals surface area contributed by atoms with Gasteiger partial charge in [0.25, 0.3) is 5.91 Å². The van der Waals surface area contributed by atoms with E-state index in [0.717, 1.165) is 17.4 Å². The number of methoxy groups -OCH3 is 1. The lowest BCUT2D eigenvalue weighted by Gasteiger charge is -2.32. The summed E-state index contributed by atoms with van der Waals surface area (Å²) in [6, 6.07) is 18.5. The molecule has 1 fully saturated rings. The van der Waals surface area contributed by atoms with Crippen molar-refractivity contribution in [1.29, 1.82) is 0 Å². The van der Waals surface area contributed by atoms with Gasteiger partial charge in [-0.05, 0) is 73.4 Å². The second kappa shape index (κ2) is 11.6.